The Labute approximate surface area is 198 Å². The van der Waals surface area contributed by atoms with Crippen molar-refractivity contribution in [1.82, 2.24) is 15.0 Å². The van der Waals surface area contributed by atoms with Gasteiger partial charge in [0, 0.05) is 30.3 Å². The summed E-state index contributed by atoms with van der Waals surface area (Å²) in [4.78, 5) is 18.6. The van der Waals surface area contributed by atoms with Gasteiger partial charge in [-0.15, -0.1) is 0 Å². The van der Waals surface area contributed by atoms with Crippen LogP contribution in [-0.2, 0) is 28.4 Å². The minimum absolute atomic E-state index is 0.100. The Bertz CT molecular complexity index is 1310. The summed E-state index contributed by atoms with van der Waals surface area (Å²) < 4.78 is 34.1. The minimum Gasteiger partial charge on any atom is -0.358 e. The number of halogens is 1. The van der Waals surface area contributed by atoms with Crippen molar-refractivity contribution in [2.45, 2.75) is 51.0 Å². The monoisotopic (exact) mass is 488 g/mol. The van der Waals surface area contributed by atoms with Crippen LogP contribution in [0.25, 0.3) is 0 Å². The minimum atomic E-state index is -3.90. The molecular weight excluding hydrogens is 464 g/mol. The van der Waals surface area contributed by atoms with E-state index in [2.05, 4.69) is 14.9 Å². The van der Waals surface area contributed by atoms with Crippen molar-refractivity contribution in [2.75, 3.05) is 11.3 Å². The zero-order valence-electron chi connectivity index (χ0n) is 18.8. The van der Waals surface area contributed by atoms with E-state index in [0.717, 1.165) is 11.1 Å². The van der Waals surface area contributed by atoms with E-state index >= 15 is 0 Å². The normalized spacial score (nSPS) is 14.2. The Morgan fingerprint density at radius 1 is 1.18 bits per heavy atom. The average molecular weight is 489 g/mol. The Morgan fingerprint density at radius 2 is 1.94 bits per heavy atom. The summed E-state index contributed by atoms with van der Waals surface area (Å²) in [6.45, 7) is 8.51. The second-order valence-corrected chi connectivity index (χ2v) is 11.2. The van der Waals surface area contributed by atoms with Crippen LogP contribution in [0.15, 0.2) is 45.9 Å². The predicted molar refractivity (Wildman–Crippen MR) is 125 cm³/mol. The Morgan fingerprint density at radius 3 is 2.58 bits per heavy atom. The van der Waals surface area contributed by atoms with Gasteiger partial charge in [0.1, 0.15) is 10.9 Å². The fraction of sp³-hybridized carbons (Fsp3) is 0.348. The zero-order valence-corrected chi connectivity index (χ0v) is 20.4. The van der Waals surface area contributed by atoms with Crippen LogP contribution in [0.1, 0.15) is 53.6 Å². The van der Waals surface area contributed by atoms with Gasteiger partial charge in [0.25, 0.3) is 15.9 Å². The molecule has 1 aliphatic rings. The van der Waals surface area contributed by atoms with Gasteiger partial charge in [-0.1, -0.05) is 43.6 Å². The van der Waals surface area contributed by atoms with E-state index in [-0.39, 0.29) is 22.0 Å². The van der Waals surface area contributed by atoms with Gasteiger partial charge >= 0.3 is 0 Å². The Hall–Kier alpha value is -2.91. The van der Waals surface area contributed by atoms with Crippen molar-refractivity contribution >= 4 is 33.3 Å². The topological polar surface area (TPSA) is 105 Å². The summed E-state index contributed by atoms with van der Waals surface area (Å²) in [6, 6.07) is 8.18. The van der Waals surface area contributed by atoms with E-state index in [4.69, 9.17) is 16.1 Å². The Kier molecular flexibility index (Phi) is 5.96. The van der Waals surface area contributed by atoms with Gasteiger partial charge in [-0.2, -0.15) is 0 Å². The first-order valence-corrected chi connectivity index (χ1v) is 12.3. The summed E-state index contributed by atoms with van der Waals surface area (Å²) >= 11 is 5.81. The summed E-state index contributed by atoms with van der Waals surface area (Å²) in [5.74, 6) is 0.616. The number of carbonyl (C=O) groups is 1. The second-order valence-electron chi connectivity index (χ2n) is 9.12. The van der Waals surface area contributed by atoms with Gasteiger partial charge in [-0.05, 0) is 48.7 Å². The third kappa shape index (κ3) is 4.74. The standard InChI is InChI=1S/C23H25ClN4O4S/c1-14-20(23(2,3)4)32-26-21(14)27-33(30,31)18-7-5-15-9-10-28(13-17(15)11-18)22(29)16-6-8-19(24)25-12-16/h5-8,11-12H,9-10,13H2,1-4H3,(H,26,27). The molecule has 1 aromatic carbocycles. The second kappa shape index (κ2) is 8.46. The maximum atomic E-state index is 13.1. The number of rotatable bonds is 4. The smallest absolute Gasteiger partial charge is 0.263 e. The van der Waals surface area contributed by atoms with Gasteiger partial charge in [0.15, 0.2) is 5.82 Å². The van der Waals surface area contributed by atoms with Crippen molar-refractivity contribution in [2.24, 2.45) is 0 Å². The lowest BCUT2D eigenvalue weighted by Gasteiger charge is -2.29. The highest BCUT2D eigenvalue weighted by Gasteiger charge is 2.28. The molecule has 10 heteroatoms. The van der Waals surface area contributed by atoms with Gasteiger partial charge < -0.3 is 9.42 Å². The number of sulfonamides is 1. The molecule has 0 bridgehead atoms. The van der Waals surface area contributed by atoms with E-state index in [1.54, 1.807) is 42.2 Å². The lowest BCUT2D eigenvalue weighted by molar-refractivity contribution is 0.0734. The van der Waals surface area contributed by atoms with Crippen LogP contribution < -0.4 is 4.72 Å². The molecule has 0 saturated carbocycles. The van der Waals surface area contributed by atoms with Crippen LogP contribution in [0.2, 0.25) is 5.15 Å². The molecule has 33 heavy (non-hydrogen) atoms. The third-order valence-electron chi connectivity index (χ3n) is 5.60. The van der Waals surface area contributed by atoms with Crippen LogP contribution in [0.4, 0.5) is 5.82 Å². The molecule has 0 radical (unpaired) electrons. The Balaban J connectivity index is 1.57. The lowest BCUT2D eigenvalue weighted by Crippen LogP contribution is -2.36. The quantitative estimate of drug-likeness (QED) is 0.548. The predicted octanol–water partition coefficient (Wildman–Crippen LogP) is 4.33. The van der Waals surface area contributed by atoms with E-state index in [9.17, 15) is 13.2 Å². The lowest BCUT2D eigenvalue weighted by atomic mass is 9.91. The van der Waals surface area contributed by atoms with Crippen molar-refractivity contribution in [3.8, 4) is 0 Å². The molecule has 4 rings (SSSR count). The highest BCUT2D eigenvalue weighted by Crippen LogP contribution is 2.31. The zero-order chi connectivity index (χ0) is 24.0. The fourth-order valence-corrected chi connectivity index (χ4v) is 5.09. The molecule has 1 amide bonds. The summed E-state index contributed by atoms with van der Waals surface area (Å²) in [7, 11) is -3.90. The van der Waals surface area contributed by atoms with E-state index < -0.39 is 10.0 Å². The number of hydrogen-bond donors (Lipinski definition) is 1. The van der Waals surface area contributed by atoms with Gasteiger partial charge in [-0.25, -0.2) is 13.4 Å². The molecule has 0 aliphatic carbocycles. The summed E-state index contributed by atoms with van der Waals surface area (Å²) in [5.41, 5.74) is 2.58. The molecule has 174 valence electrons. The number of anilines is 1. The highest BCUT2D eigenvalue weighted by atomic mass is 35.5. The summed E-state index contributed by atoms with van der Waals surface area (Å²) in [5, 5.41) is 4.24. The maximum Gasteiger partial charge on any atom is 0.263 e. The van der Waals surface area contributed by atoms with Crippen LogP contribution in [0, 0.1) is 6.92 Å². The van der Waals surface area contributed by atoms with Crippen molar-refractivity contribution in [3.05, 3.63) is 69.7 Å². The molecule has 8 nitrogen and oxygen atoms in total. The largest absolute Gasteiger partial charge is 0.358 e. The number of carbonyl (C=O) groups excluding carboxylic acids is 1. The van der Waals surface area contributed by atoms with Crippen LogP contribution in [0.3, 0.4) is 0 Å². The first kappa shape index (κ1) is 23.3. The first-order chi connectivity index (χ1) is 15.5. The molecule has 2 aromatic heterocycles. The van der Waals surface area contributed by atoms with Crippen molar-refractivity contribution in [1.29, 1.82) is 0 Å². The van der Waals surface area contributed by atoms with Crippen LogP contribution >= 0.6 is 11.6 Å². The molecule has 0 fully saturated rings. The molecule has 0 unspecified atom stereocenters. The first-order valence-electron chi connectivity index (χ1n) is 10.5. The molecule has 1 aliphatic heterocycles. The number of hydrogen-bond acceptors (Lipinski definition) is 6. The molecule has 0 spiro atoms. The van der Waals surface area contributed by atoms with E-state index in [1.165, 1.54) is 6.20 Å². The number of fused-ring (bicyclic) bond motifs is 1. The number of nitrogens with one attached hydrogen (secondary N) is 1. The number of amides is 1. The molecule has 3 aromatic rings. The van der Waals surface area contributed by atoms with Crippen molar-refractivity contribution in [3.63, 3.8) is 0 Å². The molecule has 3 heterocycles. The van der Waals surface area contributed by atoms with Gasteiger partial charge in [0.2, 0.25) is 0 Å². The molecule has 1 N–H and O–H groups in total. The van der Waals surface area contributed by atoms with Crippen LogP contribution in [-0.4, -0.2) is 35.9 Å². The van der Waals surface area contributed by atoms with Gasteiger partial charge in [-0.3, -0.25) is 9.52 Å². The van der Waals surface area contributed by atoms with Crippen molar-refractivity contribution < 1.29 is 17.7 Å². The average Bonchev–Trinajstić information content (AvgIpc) is 3.13. The molecule has 0 saturated heterocycles. The SMILES string of the molecule is Cc1c(NS(=O)(=O)c2ccc3c(c2)CN(C(=O)c2ccc(Cl)nc2)CC3)noc1C(C)(C)C. The van der Waals surface area contributed by atoms with E-state index in [1.807, 2.05) is 20.8 Å². The number of benzene rings is 1. The van der Waals surface area contributed by atoms with E-state index in [0.29, 0.717) is 41.6 Å². The number of pyridine rings is 1. The van der Waals surface area contributed by atoms with Crippen LogP contribution in [0.5, 0.6) is 0 Å². The highest BCUT2D eigenvalue weighted by molar-refractivity contribution is 7.92. The third-order valence-corrected chi connectivity index (χ3v) is 7.16. The molecular formula is C23H25ClN4O4S. The maximum absolute atomic E-state index is 13.1. The fourth-order valence-electron chi connectivity index (χ4n) is 3.88. The number of aromatic nitrogens is 2. The van der Waals surface area contributed by atoms with Gasteiger partial charge in [0.05, 0.1) is 10.5 Å². The number of nitrogens with zero attached hydrogens (tertiary/aromatic N) is 3. The molecule has 0 atom stereocenters. The summed E-state index contributed by atoms with van der Waals surface area (Å²) in [6.07, 6.45) is 2.07.